The number of carbonyl (C=O) groups excluding carboxylic acids is 1. The maximum atomic E-state index is 14.6. The molecule has 0 atom stereocenters. The molecule has 10 heteroatoms. The van der Waals surface area contributed by atoms with Gasteiger partial charge in [-0.1, -0.05) is 0 Å². The third-order valence-corrected chi connectivity index (χ3v) is 5.18. The SMILES string of the molecule is COCCCOc1ccc(Oc2ncnc(OC3CCN(C(=O)OC(C)C)CC3)c2C)c(F)c1. The molecule has 2 heterocycles. The molecule has 1 amide bonds. The average molecular weight is 478 g/mol. The van der Waals surface area contributed by atoms with Crippen molar-refractivity contribution in [1.29, 1.82) is 0 Å². The lowest BCUT2D eigenvalue weighted by atomic mass is 10.1. The van der Waals surface area contributed by atoms with Gasteiger partial charge in [-0.15, -0.1) is 0 Å². The van der Waals surface area contributed by atoms with Gasteiger partial charge in [-0.2, -0.15) is 0 Å². The van der Waals surface area contributed by atoms with Crippen molar-refractivity contribution in [1.82, 2.24) is 14.9 Å². The standard InChI is InChI=1S/C24H32FN3O6/c1-16(2)32-24(29)28-10-8-18(9-11-28)33-22-17(3)23(27-15-26-22)34-21-7-6-19(14-20(21)25)31-13-5-12-30-4/h6-7,14-16,18H,5,8-13H2,1-4H3. The van der Waals surface area contributed by atoms with Crippen LogP contribution in [0.4, 0.5) is 9.18 Å². The summed E-state index contributed by atoms with van der Waals surface area (Å²) in [4.78, 5) is 22.1. The number of ether oxygens (including phenoxy) is 5. The fourth-order valence-corrected chi connectivity index (χ4v) is 3.38. The van der Waals surface area contributed by atoms with Crippen LogP contribution in [0.5, 0.6) is 23.3 Å². The van der Waals surface area contributed by atoms with E-state index >= 15 is 0 Å². The van der Waals surface area contributed by atoms with Gasteiger partial charge in [0.05, 0.1) is 18.3 Å². The smallest absolute Gasteiger partial charge is 0.410 e. The summed E-state index contributed by atoms with van der Waals surface area (Å²) < 4.78 is 42.0. The Morgan fingerprint density at radius 2 is 1.91 bits per heavy atom. The van der Waals surface area contributed by atoms with Gasteiger partial charge in [0.2, 0.25) is 11.8 Å². The van der Waals surface area contributed by atoms with Crippen LogP contribution in [0.15, 0.2) is 24.5 Å². The maximum absolute atomic E-state index is 14.6. The number of likely N-dealkylation sites (tertiary alicyclic amines) is 1. The zero-order valence-electron chi connectivity index (χ0n) is 20.1. The molecule has 186 valence electrons. The molecule has 1 saturated heterocycles. The summed E-state index contributed by atoms with van der Waals surface area (Å²) in [6.45, 7) is 7.48. The van der Waals surface area contributed by atoms with Gasteiger partial charge in [-0.05, 0) is 32.9 Å². The van der Waals surface area contributed by atoms with Crippen LogP contribution < -0.4 is 14.2 Å². The first-order valence-corrected chi connectivity index (χ1v) is 11.4. The lowest BCUT2D eigenvalue weighted by molar-refractivity contribution is 0.0505. The first kappa shape index (κ1) is 25.5. The number of nitrogens with zero attached hydrogens (tertiary/aromatic N) is 3. The summed E-state index contributed by atoms with van der Waals surface area (Å²) in [5.41, 5.74) is 0.559. The number of hydrogen-bond acceptors (Lipinski definition) is 8. The van der Waals surface area contributed by atoms with E-state index in [1.807, 2.05) is 13.8 Å². The Hall–Kier alpha value is -3.14. The highest BCUT2D eigenvalue weighted by molar-refractivity contribution is 5.67. The number of carbonyl (C=O) groups is 1. The van der Waals surface area contributed by atoms with E-state index in [1.165, 1.54) is 18.5 Å². The molecule has 3 rings (SSSR count). The molecule has 34 heavy (non-hydrogen) atoms. The summed E-state index contributed by atoms with van der Waals surface area (Å²) >= 11 is 0. The van der Waals surface area contributed by atoms with Crippen LogP contribution >= 0.6 is 0 Å². The number of amides is 1. The van der Waals surface area contributed by atoms with Gasteiger partial charge in [0, 0.05) is 52.1 Å². The highest BCUT2D eigenvalue weighted by atomic mass is 19.1. The summed E-state index contributed by atoms with van der Waals surface area (Å²) in [5.74, 6) is 0.440. The van der Waals surface area contributed by atoms with E-state index in [9.17, 15) is 9.18 Å². The number of piperidine rings is 1. The third-order valence-electron chi connectivity index (χ3n) is 5.18. The van der Waals surface area contributed by atoms with E-state index in [2.05, 4.69) is 9.97 Å². The zero-order chi connectivity index (χ0) is 24.5. The number of rotatable bonds is 10. The van der Waals surface area contributed by atoms with Crippen molar-refractivity contribution in [2.45, 2.75) is 52.2 Å². The first-order chi connectivity index (χ1) is 16.4. The van der Waals surface area contributed by atoms with Crippen LogP contribution in [0.3, 0.4) is 0 Å². The van der Waals surface area contributed by atoms with Gasteiger partial charge in [0.1, 0.15) is 18.2 Å². The summed E-state index contributed by atoms with van der Waals surface area (Å²) in [6.07, 6.45) is 2.74. The largest absolute Gasteiger partial charge is 0.493 e. The van der Waals surface area contributed by atoms with Crippen LogP contribution in [0.1, 0.15) is 38.7 Å². The quantitative estimate of drug-likeness (QED) is 0.461. The number of halogens is 1. The number of benzene rings is 1. The Bertz CT molecular complexity index is 950. The van der Waals surface area contributed by atoms with E-state index in [4.69, 9.17) is 23.7 Å². The monoisotopic (exact) mass is 477 g/mol. The van der Waals surface area contributed by atoms with Gasteiger partial charge >= 0.3 is 6.09 Å². The fourth-order valence-electron chi connectivity index (χ4n) is 3.38. The first-order valence-electron chi connectivity index (χ1n) is 11.4. The molecule has 1 aromatic carbocycles. The molecule has 9 nitrogen and oxygen atoms in total. The molecule has 2 aromatic rings. The third kappa shape index (κ3) is 7.18. The zero-order valence-corrected chi connectivity index (χ0v) is 20.1. The van der Waals surface area contributed by atoms with Crippen LogP contribution in [-0.2, 0) is 9.47 Å². The maximum Gasteiger partial charge on any atom is 0.410 e. The second-order valence-electron chi connectivity index (χ2n) is 8.23. The van der Waals surface area contributed by atoms with Gasteiger partial charge in [0.25, 0.3) is 0 Å². The second kappa shape index (κ2) is 12.4. The van der Waals surface area contributed by atoms with Gasteiger partial charge < -0.3 is 28.6 Å². The van der Waals surface area contributed by atoms with Crippen LogP contribution in [0.25, 0.3) is 0 Å². The van der Waals surface area contributed by atoms with Gasteiger partial charge in [0.15, 0.2) is 11.6 Å². The molecular formula is C24H32FN3O6. The van der Waals surface area contributed by atoms with Crippen molar-refractivity contribution >= 4 is 6.09 Å². The van der Waals surface area contributed by atoms with E-state index < -0.39 is 5.82 Å². The Balaban J connectivity index is 1.57. The Kier molecular flexibility index (Phi) is 9.26. The molecular weight excluding hydrogens is 445 g/mol. The highest BCUT2D eigenvalue weighted by Crippen LogP contribution is 2.31. The Morgan fingerprint density at radius 1 is 1.18 bits per heavy atom. The predicted molar refractivity (Wildman–Crippen MR) is 122 cm³/mol. The van der Waals surface area contributed by atoms with Gasteiger partial charge in [-0.25, -0.2) is 19.2 Å². The molecule has 0 N–H and O–H groups in total. The van der Waals surface area contributed by atoms with Crippen molar-refractivity contribution in [3.63, 3.8) is 0 Å². The van der Waals surface area contributed by atoms with E-state index in [-0.39, 0.29) is 29.9 Å². The normalized spacial score (nSPS) is 14.2. The van der Waals surface area contributed by atoms with E-state index in [0.717, 1.165) is 0 Å². The molecule has 0 radical (unpaired) electrons. The predicted octanol–water partition coefficient (Wildman–Crippen LogP) is 4.52. The minimum Gasteiger partial charge on any atom is -0.493 e. The summed E-state index contributed by atoms with van der Waals surface area (Å²) in [5, 5.41) is 0. The van der Waals surface area contributed by atoms with E-state index in [0.29, 0.717) is 62.8 Å². The topological polar surface area (TPSA) is 92.2 Å². The minimum absolute atomic E-state index is 0.0222. The Morgan fingerprint density at radius 3 is 2.59 bits per heavy atom. The number of aromatic nitrogens is 2. The minimum atomic E-state index is -0.564. The van der Waals surface area contributed by atoms with Gasteiger partial charge in [-0.3, -0.25) is 0 Å². The molecule has 1 aliphatic rings. The van der Waals surface area contributed by atoms with Crippen LogP contribution in [-0.4, -0.2) is 66.6 Å². The second-order valence-corrected chi connectivity index (χ2v) is 8.23. The molecule has 1 aliphatic heterocycles. The Labute approximate surface area is 199 Å². The summed E-state index contributed by atoms with van der Waals surface area (Å²) in [6, 6.07) is 4.40. The number of hydrogen-bond donors (Lipinski definition) is 0. The molecule has 0 aliphatic carbocycles. The molecule has 1 fully saturated rings. The van der Waals surface area contributed by atoms with Crippen molar-refractivity contribution in [3.05, 3.63) is 35.9 Å². The van der Waals surface area contributed by atoms with Crippen molar-refractivity contribution in [3.8, 4) is 23.3 Å². The van der Waals surface area contributed by atoms with Crippen molar-refractivity contribution < 1.29 is 32.9 Å². The van der Waals surface area contributed by atoms with Crippen molar-refractivity contribution in [2.24, 2.45) is 0 Å². The fraction of sp³-hybridized carbons (Fsp3) is 0.542. The van der Waals surface area contributed by atoms with Crippen molar-refractivity contribution in [2.75, 3.05) is 33.4 Å². The lowest BCUT2D eigenvalue weighted by Gasteiger charge is -2.31. The molecule has 0 bridgehead atoms. The molecule has 0 spiro atoms. The van der Waals surface area contributed by atoms with Crippen LogP contribution in [0, 0.1) is 12.7 Å². The van der Waals surface area contributed by atoms with Crippen LogP contribution in [0.2, 0.25) is 0 Å². The highest BCUT2D eigenvalue weighted by Gasteiger charge is 2.26. The lowest BCUT2D eigenvalue weighted by Crippen LogP contribution is -2.42. The number of methoxy groups -OCH3 is 1. The summed E-state index contributed by atoms with van der Waals surface area (Å²) in [7, 11) is 1.62. The molecule has 0 unspecified atom stereocenters. The molecule has 1 aromatic heterocycles. The van der Waals surface area contributed by atoms with E-state index in [1.54, 1.807) is 25.0 Å². The molecule has 0 saturated carbocycles. The average Bonchev–Trinajstić information content (AvgIpc) is 2.81.